The summed E-state index contributed by atoms with van der Waals surface area (Å²) in [4.78, 5) is 12.0. The highest BCUT2D eigenvalue weighted by molar-refractivity contribution is 5.82. The number of rotatable bonds is 6. The summed E-state index contributed by atoms with van der Waals surface area (Å²) in [5, 5.41) is 17.8. The summed E-state index contributed by atoms with van der Waals surface area (Å²) in [6, 6.07) is 3.59. The topological polar surface area (TPSA) is 73.9 Å². The second-order valence-electron chi connectivity index (χ2n) is 3.78. The van der Waals surface area contributed by atoms with E-state index in [9.17, 15) is 4.79 Å². The van der Waals surface area contributed by atoms with Crippen LogP contribution in [0.25, 0.3) is 0 Å². The third-order valence-electron chi connectivity index (χ3n) is 2.88. The summed E-state index contributed by atoms with van der Waals surface area (Å²) in [6.07, 6.45) is 3.70. The SMILES string of the molecule is C=CCC(CC=C)(C(=O)OC)C(C)=C(C#N)C#N. The molecule has 0 spiro atoms. The van der Waals surface area contributed by atoms with Gasteiger partial charge >= 0.3 is 5.97 Å². The van der Waals surface area contributed by atoms with E-state index in [2.05, 4.69) is 13.2 Å². The van der Waals surface area contributed by atoms with Gasteiger partial charge < -0.3 is 4.74 Å². The Morgan fingerprint density at radius 3 is 2.00 bits per heavy atom. The number of allylic oxidation sites excluding steroid dienone is 3. The second kappa shape index (κ2) is 7.09. The van der Waals surface area contributed by atoms with Crippen LogP contribution in [0.4, 0.5) is 0 Å². The third-order valence-corrected chi connectivity index (χ3v) is 2.88. The molecule has 0 aromatic heterocycles. The van der Waals surface area contributed by atoms with Crippen LogP contribution in [0.1, 0.15) is 19.8 Å². The molecule has 0 saturated heterocycles. The lowest BCUT2D eigenvalue weighted by molar-refractivity contribution is -0.150. The fraction of sp³-hybridized carbons (Fsp3) is 0.357. The van der Waals surface area contributed by atoms with Gasteiger partial charge in [-0.05, 0) is 25.3 Å². The smallest absolute Gasteiger partial charge is 0.316 e. The first kappa shape index (κ1) is 15.7. The van der Waals surface area contributed by atoms with Crippen molar-refractivity contribution in [2.45, 2.75) is 19.8 Å². The number of carbonyl (C=O) groups excluding carboxylic acids is 1. The summed E-state index contributed by atoms with van der Waals surface area (Å²) < 4.78 is 4.79. The van der Waals surface area contributed by atoms with Gasteiger partial charge in [-0.3, -0.25) is 4.79 Å². The molecule has 0 unspecified atom stereocenters. The normalized spacial score (nSPS) is 9.56. The van der Waals surface area contributed by atoms with E-state index < -0.39 is 11.4 Å². The zero-order valence-corrected chi connectivity index (χ0v) is 10.7. The molecule has 0 atom stereocenters. The second-order valence-corrected chi connectivity index (χ2v) is 3.78. The van der Waals surface area contributed by atoms with E-state index in [1.165, 1.54) is 7.11 Å². The van der Waals surface area contributed by atoms with Gasteiger partial charge in [-0.25, -0.2) is 0 Å². The minimum absolute atomic E-state index is 0.0795. The van der Waals surface area contributed by atoms with Gasteiger partial charge in [0.2, 0.25) is 0 Å². The predicted octanol–water partition coefficient (Wildman–Crippen LogP) is 2.66. The van der Waals surface area contributed by atoms with Crippen LogP contribution in [0.15, 0.2) is 36.5 Å². The highest BCUT2D eigenvalue weighted by Gasteiger charge is 2.40. The van der Waals surface area contributed by atoms with Gasteiger partial charge in [0, 0.05) is 0 Å². The first-order valence-corrected chi connectivity index (χ1v) is 5.35. The quantitative estimate of drug-likeness (QED) is 0.409. The van der Waals surface area contributed by atoms with Crippen LogP contribution in [-0.4, -0.2) is 13.1 Å². The molecular weight excluding hydrogens is 228 g/mol. The highest BCUT2D eigenvalue weighted by atomic mass is 16.5. The molecule has 0 aliphatic carbocycles. The molecule has 0 aliphatic rings. The Hall–Kier alpha value is -2.33. The highest BCUT2D eigenvalue weighted by Crippen LogP contribution is 2.38. The zero-order valence-electron chi connectivity index (χ0n) is 10.7. The van der Waals surface area contributed by atoms with Crippen LogP contribution < -0.4 is 0 Å². The molecule has 0 rings (SSSR count). The van der Waals surface area contributed by atoms with Crippen LogP contribution in [0.3, 0.4) is 0 Å². The van der Waals surface area contributed by atoms with E-state index in [1.54, 1.807) is 31.2 Å². The lowest BCUT2D eigenvalue weighted by atomic mass is 9.73. The van der Waals surface area contributed by atoms with Gasteiger partial charge in [0.05, 0.1) is 12.5 Å². The van der Waals surface area contributed by atoms with Crippen molar-refractivity contribution in [2.75, 3.05) is 7.11 Å². The molecule has 0 radical (unpaired) electrons. The summed E-state index contributed by atoms with van der Waals surface area (Å²) in [5.74, 6) is -0.497. The van der Waals surface area contributed by atoms with E-state index in [0.29, 0.717) is 5.57 Å². The molecule has 0 amide bonds. The Bertz CT molecular complexity index is 435. The molecule has 18 heavy (non-hydrogen) atoms. The van der Waals surface area contributed by atoms with Crippen molar-refractivity contribution >= 4 is 5.97 Å². The maximum absolute atomic E-state index is 12.0. The monoisotopic (exact) mass is 244 g/mol. The van der Waals surface area contributed by atoms with Crippen LogP contribution >= 0.6 is 0 Å². The fourth-order valence-electron chi connectivity index (χ4n) is 1.83. The van der Waals surface area contributed by atoms with Crippen molar-refractivity contribution < 1.29 is 9.53 Å². The van der Waals surface area contributed by atoms with Crippen molar-refractivity contribution in [1.82, 2.24) is 0 Å². The Kier molecular flexibility index (Phi) is 6.17. The third kappa shape index (κ3) is 2.87. The predicted molar refractivity (Wildman–Crippen MR) is 68.0 cm³/mol. The van der Waals surface area contributed by atoms with Crippen molar-refractivity contribution in [3.63, 3.8) is 0 Å². The average Bonchev–Trinajstić information content (AvgIpc) is 2.38. The Balaban J connectivity index is 6.03. The minimum Gasteiger partial charge on any atom is -0.468 e. The van der Waals surface area contributed by atoms with E-state index in [-0.39, 0.29) is 18.4 Å². The molecule has 0 aliphatic heterocycles. The van der Waals surface area contributed by atoms with Crippen LogP contribution in [0.2, 0.25) is 0 Å². The Labute approximate surface area is 107 Å². The molecule has 0 aromatic rings. The van der Waals surface area contributed by atoms with Gasteiger partial charge in [-0.2, -0.15) is 10.5 Å². The molecular formula is C14H16N2O2. The van der Waals surface area contributed by atoms with Gasteiger partial charge in [0.25, 0.3) is 0 Å². The summed E-state index contributed by atoms with van der Waals surface area (Å²) in [6.45, 7) is 8.80. The fourth-order valence-corrected chi connectivity index (χ4v) is 1.83. The summed E-state index contributed by atoms with van der Waals surface area (Å²) in [5.41, 5.74) is -0.762. The number of methoxy groups -OCH3 is 1. The van der Waals surface area contributed by atoms with Gasteiger partial charge in [-0.15, -0.1) is 13.2 Å². The van der Waals surface area contributed by atoms with Crippen molar-refractivity contribution in [3.8, 4) is 12.1 Å². The maximum atomic E-state index is 12.0. The molecule has 0 heterocycles. The number of carbonyl (C=O) groups is 1. The minimum atomic E-state index is -1.07. The van der Waals surface area contributed by atoms with Crippen LogP contribution in [0.5, 0.6) is 0 Å². The molecule has 0 aromatic carbocycles. The van der Waals surface area contributed by atoms with Gasteiger partial charge in [0.1, 0.15) is 17.7 Å². The first-order valence-electron chi connectivity index (χ1n) is 5.35. The zero-order chi connectivity index (χ0) is 14.2. The number of hydrogen-bond acceptors (Lipinski definition) is 4. The number of nitriles is 2. The van der Waals surface area contributed by atoms with Gasteiger partial charge in [-0.1, -0.05) is 12.2 Å². The first-order chi connectivity index (χ1) is 8.53. The van der Waals surface area contributed by atoms with Crippen molar-refractivity contribution in [2.24, 2.45) is 5.41 Å². The number of hydrogen-bond donors (Lipinski definition) is 0. The van der Waals surface area contributed by atoms with Crippen molar-refractivity contribution in [1.29, 1.82) is 10.5 Å². The maximum Gasteiger partial charge on any atom is 0.316 e. The molecule has 0 fully saturated rings. The molecule has 4 heteroatoms. The van der Waals surface area contributed by atoms with E-state index >= 15 is 0 Å². The number of nitrogens with zero attached hydrogens (tertiary/aromatic N) is 2. The largest absolute Gasteiger partial charge is 0.468 e. The van der Waals surface area contributed by atoms with Crippen LogP contribution in [0, 0.1) is 28.1 Å². The lowest BCUT2D eigenvalue weighted by Crippen LogP contribution is -2.33. The van der Waals surface area contributed by atoms with Crippen molar-refractivity contribution in [3.05, 3.63) is 36.5 Å². The van der Waals surface area contributed by atoms with E-state index in [0.717, 1.165) is 0 Å². The van der Waals surface area contributed by atoms with E-state index in [1.807, 2.05) is 0 Å². The van der Waals surface area contributed by atoms with Crippen LogP contribution in [-0.2, 0) is 9.53 Å². The van der Waals surface area contributed by atoms with E-state index in [4.69, 9.17) is 15.3 Å². The molecule has 4 nitrogen and oxygen atoms in total. The molecule has 0 N–H and O–H groups in total. The Morgan fingerprint density at radius 2 is 1.72 bits per heavy atom. The van der Waals surface area contributed by atoms with Gasteiger partial charge in [0.15, 0.2) is 0 Å². The average molecular weight is 244 g/mol. The lowest BCUT2D eigenvalue weighted by Gasteiger charge is -2.30. The Morgan fingerprint density at radius 1 is 1.28 bits per heavy atom. The number of ether oxygens (including phenoxy) is 1. The molecule has 94 valence electrons. The molecule has 0 bridgehead atoms. The summed E-state index contributed by atoms with van der Waals surface area (Å²) >= 11 is 0. The molecule has 0 saturated carbocycles. The summed E-state index contributed by atoms with van der Waals surface area (Å²) in [7, 11) is 1.27. The number of esters is 1. The standard InChI is InChI=1S/C14H16N2O2/c1-5-7-14(8-6-2,13(17)18-4)11(3)12(9-15)10-16/h5-6H,1-2,7-8H2,3-4H3.